The van der Waals surface area contributed by atoms with E-state index in [1.54, 1.807) is 6.20 Å². The largest absolute Gasteiger partial charge is 0.390 e. The molecule has 4 aliphatic rings. The number of anilines is 1. The minimum Gasteiger partial charge on any atom is -0.390 e. The normalized spacial score (nSPS) is 37.1. The van der Waals surface area contributed by atoms with Crippen LogP contribution < -0.4 is 10.9 Å². The molecule has 4 bridgehead atoms. The van der Waals surface area contributed by atoms with E-state index >= 15 is 0 Å². The van der Waals surface area contributed by atoms with Gasteiger partial charge in [0.05, 0.1) is 22.9 Å². The molecule has 2 atom stereocenters. The van der Waals surface area contributed by atoms with Crippen LogP contribution in [0.1, 0.15) is 42.5 Å². The highest BCUT2D eigenvalue weighted by atomic mass is 16.3. The monoisotopic (exact) mass is 326 g/mol. The molecule has 0 saturated heterocycles. The van der Waals surface area contributed by atoms with Gasteiger partial charge in [0, 0.05) is 17.8 Å². The molecule has 2 unspecified atom stereocenters. The summed E-state index contributed by atoms with van der Waals surface area (Å²) >= 11 is 0. The third-order valence-corrected chi connectivity index (χ3v) is 6.48. The molecule has 126 valence electrons. The number of carbonyl (C=O) groups is 1. The van der Waals surface area contributed by atoms with E-state index in [0.717, 1.165) is 55.1 Å². The summed E-state index contributed by atoms with van der Waals surface area (Å²) < 4.78 is 0. The summed E-state index contributed by atoms with van der Waals surface area (Å²) in [6, 6.07) is 2.11. The van der Waals surface area contributed by atoms with Gasteiger partial charge >= 0.3 is 0 Å². The topological polar surface area (TPSA) is 95.2 Å². The lowest BCUT2D eigenvalue weighted by Crippen LogP contribution is -2.63. The number of pyridine rings is 1. The maximum absolute atomic E-state index is 11.6. The molecule has 6 rings (SSSR count). The van der Waals surface area contributed by atoms with Gasteiger partial charge in [-0.1, -0.05) is 0 Å². The van der Waals surface area contributed by atoms with Crippen molar-refractivity contribution in [3.63, 3.8) is 0 Å². The first-order valence-corrected chi connectivity index (χ1v) is 8.75. The third-order valence-electron chi connectivity index (χ3n) is 6.48. The number of nitrogens with two attached hydrogens (primary N) is 1. The first kappa shape index (κ1) is 14.4. The highest BCUT2D eigenvalue weighted by molar-refractivity contribution is 5.99. The minimum absolute atomic E-state index is 0.182. The minimum atomic E-state index is -0.483. The molecule has 0 aromatic carbocycles. The zero-order valence-electron chi connectivity index (χ0n) is 13.5. The maximum atomic E-state index is 11.6. The zero-order valence-corrected chi connectivity index (χ0v) is 13.5. The molecule has 0 amide bonds. The number of hydrogen-bond donors (Lipinski definition) is 3. The van der Waals surface area contributed by atoms with Crippen molar-refractivity contribution in [1.82, 2.24) is 9.97 Å². The van der Waals surface area contributed by atoms with Gasteiger partial charge in [0.25, 0.3) is 0 Å². The van der Waals surface area contributed by atoms with E-state index in [-0.39, 0.29) is 6.04 Å². The fraction of sp³-hybridized carbons (Fsp3) is 0.556. The van der Waals surface area contributed by atoms with E-state index in [9.17, 15) is 9.90 Å². The highest BCUT2D eigenvalue weighted by Crippen LogP contribution is 2.57. The third kappa shape index (κ3) is 1.90. The molecule has 4 N–H and O–H groups in total. The predicted molar refractivity (Wildman–Crippen MR) is 90.4 cm³/mol. The van der Waals surface area contributed by atoms with Crippen molar-refractivity contribution in [2.45, 2.75) is 43.7 Å². The average molecular weight is 326 g/mol. The number of carbonyl (C=O) groups excluding carboxylic acids is 1. The maximum Gasteiger partial charge on any atom is 0.153 e. The van der Waals surface area contributed by atoms with E-state index in [2.05, 4.69) is 9.97 Å². The quantitative estimate of drug-likeness (QED) is 0.455. The zero-order chi connectivity index (χ0) is 16.5. The lowest BCUT2D eigenvalue weighted by molar-refractivity contribution is -0.133. The molecule has 6 heteroatoms. The van der Waals surface area contributed by atoms with Crippen LogP contribution in [0.15, 0.2) is 18.5 Å². The van der Waals surface area contributed by atoms with E-state index in [0.29, 0.717) is 23.3 Å². The Labute approximate surface area is 140 Å². The van der Waals surface area contributed by atoms with Gasteiger partial charge in [0.1, 0.15) is 5.65 Å². The molecule has 0 aliphatic heterocycles. The van der Waals surface area contributed by atoms with E-state index < -0.39 is 5.60 Å². The van der Waals surface area contributed by atoms with E-state index in [1.165, 1.54) is 0 Å². The number of aromatic nitrogens is 2. The van der Waals surface area contributed by atoms with Crippen LogP contribution in [-0.4, -0.2) is 33.0 Å². The van der Waals surface area contributed by atoms with Crippen LogP contribution in [0.5, 0.6) is 0 Å². The smallest absolute Gasteiger partial charge is 0.153 e. The first-order chi connectivity index (χ1) is 11.6. The molecule has 0 spiro atoms. The second-order valence-corrected chi connectivity index (χ2v) is 8.01. The van der Waals surface area contributed by atoms with Gasteiger partial charge in [-0.2, -0.15) is 0 Å². The summed E-state index contributed by atoms with van der Waals surface area (Å²) in [5, 5.41) is 13.5. The molecule has 4 fully saturated rings. The second kappa shape index (κ2) is 4.80. The second-order valence-electron chi connectivity index (χ2n) is 8.01. The molecule has 2 heterocycles. The van der Waals surface area contributed by atoms with Crippen molar-refractivity contribution in [2.24, 2.45) is 23.6 Å². The van der Waals surface area contributed by atoms with Gasteiger partial charge in [0.2, 0.25) is 0 Å². The number of H-pyrrole nitrogens is 1. The number of aromatic amines is 1. The highest BCUT2D eigenvalue weighted by Gasteiger charge is 2.56. The van der Waals surface area contributed by atoms with Crippen LogP contribution >= 0.6 is 0 Å². The molecule has 2 aromatic heterocycles. The number of fused-ring (bicyclic) bond motifs is 1. The fourth-order valence-corrected chi connectivity index (χ4v) is 5.94. The van der Waals surface area contributed by atoms with Gasteiger partial charge in [0.15, 0.2) is 6.29 Å². The average Bonchev–Trinajstić information content (AvgIpc) is 3.00. The Bertz CT molecular complexity index is 800. The lowest BCUT2D eigenvalue weighted by Gasteiger charge is -2.59. The predicted octanol–water partition coefficient (Wildman–Crippen LogP) is 2.00. The van der Waals surface area contributed by atoms with E-state index in [4.69, 9.17) is 5.84 Å². The van der Waals surface area contributed by atoms with Gasteiger partial charge in [-0.15, -0.1) is 0 Å². The van der Waals surface area contributed by atoms with Crippen LogP contribution in [0.2, 0.25) is 0 Å². The molecular formula is C18H22N4O2. The summed E-state index contributed by atoms with van der Waals surface area (Å²) in [6.45, 7) is 0. The Balaban J connectivity index is 1.59. The Kier molecular flexibility index (Phi) is 2.89. The SMILES string of the molecule is NN(c1c(C=O)cnc2[nH]ccc12)C1C2CC3CC1CC(O)(C3)C2. The van der Waals surface area contributed by atoms with E-state index in [1.807, 2.05) is 17.3 Å². The number of hydrazine groups is 1. The van der Waals surface area contributed by atoms with Crippen LogP contribution in [-0.2, 0) is 0 Å². The standard InChI is InChI=1S/C18H22N4O2/c19-22(16-13(9-23)8-21-17-14(16)1-2-20-17)15-11-3-10-4-12(15)7-18(24,5-10)6-11/h1-2,8-12,15,24H,3-7,19H2,(H,20,21). The Morgan fingerprint density at radius 3 is 2.75 bits per heavy atom. The summed E-state index contributed by atoms with van der Waals surface area (Å²) in [7, 11) is 0. The van der Waals surface area contributed by atoms with Crippen molar-refractivity contribution in [3.8, 4) is 0 Å². The number of hydrogen-bond acceptors (Lipinski definition) is 5. The number of nitrogens with one attached hydrogen (secondary N) is 1. The number of nitrogens with zero attached hydrogens (tertiary/aromatic N) is 2. The summed E-state index contributed by atoms with van der Waals surface area (Å²) in [4.78, 5) is 18.9. The molecular weight excluding hydrogens is 304 g/mol. The molecule has 6 nitrogen and oxygen atoms in total. The molecule has 2 aromatic rings. The van der Waals surface area contributed by atoms with Gasteiger partial charge < -0.3 is 15.1 Å². The molecule has 24 heavy (non-hydrogen) atoms. The molecule has 4 aliphatic carbocycles. The lowest BCUT2D eigenvalue weighted by atomic mass is 9.52. The number of rotatable bonds is 3. The Morgan fingerprint density at radius 2 is 2.08 bits per heavy atom. The van der Waals surface area contributed by atoms with Crippen LogP contribution in [0.4, 0.5) is 5.69 Å². The van der Waals surface area contributed by atoms with Crippen molar-refractivity contribution >= 4 is 23.0 Å². The molecule has 4 saturated carbocycles. The van der Waals surface area contributed by atoms with Crippen molar-refractivity contribution in [1.29, 1.82) is 0 Å². The fourth-order valence-electron chi connectivity index (χ4n) is 5.94. The Hall–Kier alpha value is -1.92. The number of aliphatic hydroxyl groups is 1. The van der Waals surface area contributed by atoms with Crippen LogP contribution in [0.3, 0.4) is 0 Å². The first-order valence-electron chi connectivity index (χ1n) is 8.75. The van der Waals surface area contributed by atoms with Gasteiger partial charge in [-0.3, -0.25) is 4.79 Å². The summed E-state index contributed by atoms with van der Waals surface area (Å²) in [5.41, 5.74) is 1.55. The van der Waals surface area contributed by atoms with Crippen molar-refractivity contribution in [3.05, 3.63) is 24.0 Å². The Morgan fingerprint density at radius 1 is 1.33 bits per heavy atom. The molecule has 0 radical (unpaired) electrons. The summed E-state index contributed by atoms with van der Waals surface area (Å²) in [5.74, 6) is 8.04. The van der Waals surface area contributed by atoms with Crippen LogP contribution in [0, 0.1) is 17.8 Å². The van der Waals surface area contributed by atoms with Crippen LogP contribution in [0.25, 0.3) is 11.0 Å². The van der Waals surface area contributed by atoms with Crippen molar-refractivity contribution < 1.29 is 9.90 Å². The van der Waals surface area contributed by atoms with Gasteiger partial charge in [-0.25, -0.2) is 10.8 Å². The summed E-state index contributed by atoms with van der Waals surface area (Å²) in [6.07, 6.45) is 9.12. The van der Waals surface area contributed by atoms with Crippen molar-refractivity contribution in [2.75, 3.05) is 5.01 Å². The number of aldehydes is 1. The van der Waals surface area contributed by atoms with Gasteiger partial charge in [-0.05, 0) is 55.9 Å².